The van der Waals surface area contributed by atoms with Gasteiger partial charge in [0, 0.05) is 11.5 Å². The van der Waals surface area contributed by atoms with E-state index in [9.17, 15) is 9.59 Å². The van der Waals surface area contributed by atoms with E-state index in [0.29, 0.717) is 5.56 Å². The van der Waals surface area contributed by atoms with Gasteiger partial charge in [-0.2, -0.15) is 5.26 Å². The first-order chi connectivity index (χ1) is 8.54. The fourth-order valence-corrected chi connectivity index (χ4v) is 1.46. The molecule has 0 fully saturated rings. The van der Waals surface area contributed by atoms with E-state index >= 15 is 0 Å². The third-order valence-corrected chi connectivity index (χ3v) is 2.45. The van der Waals surface area contributed by atoms with Gasteiger partial charge in [0.05, 0.1) is 6.07 Å². The van der Waals surface area contributed by atoms with Gasteiger partial charge in [0.2, 0.25) is 0 Å². The minimum absolute atomic E-state index is 0.0877. The molecule has 5 nitrogen and oxygen atoms in total. The van der Waals surface area contributed by atoms with Gasteiger partial charge in [0.1, 0.15) is 6.04 Å². The SMILES string of the molecule is C[C@H](C#N)C[C@H](NC(=O)c1ccccc1)C(=O)O. The van der Waals surface area contributed by atoms with Crippen molar-refractivity contribution in [3.05, 3.63) is 35.9 Å². The monoisotopic (exact) mass is 246 g/mol. The van der Waals surface area contributed by atoms with Crippen LogP contribution in [0.1, 0.15) is 23.7 Å². The molecule has 0 bridgehead atoms. The Balaban J connectivity index is 2.71. The fraction of sp³-hybridized carbons (Fsp3) is 0.308. The zero-order valence-corrected chi connectivity index (χ0v) is 9.96. The normalized spacial score (nSPS) is 13.1. The summed E-state index contributed by atoms with van der Waals surface area (Å²) >= 11 is 0. The van der Waals surface area contributed by atoms with Crippen LogP contribution in [0.2, 0.25) is 0 Å². The van der Waals surface area contributed by atoms with Crippen molar-refractivity contribution in [2.24, 2.45) is 5.92 Å². The van der Waals surface area contributed by atoms with E-state index in [0.717, 1.165) is 0 Å². The average molecular weight is 246 g/mol. The molecular formula is C13H14N2O3. The second-order valence-electron chi connectivity index (χ2n) is 4.00. The number of hydrogen-bond donors (Lipinski definition) is 2. The van der Waals surface area contributed by atoms with Crippen molar-refractivity contribution in [1.82, 2.24) is 5.32 Å². The zero-order chi connectivity index (χ0) is 13.5. The molecule has 0 unspecified atom stereocenters. The fourth-order valence-electron chi connectivity index (χ4n) is 1.46. The molecule has 0 spiro atoms. The predicted molar refractivity (Wildman–Crippen MR) is 64.7 cm³/mol. The van der Waals surface area contributed by atoms with Crippen molar-refractivity contribution < 1.29 is 14.7 Å². The molecular weight excluding hydrogens is 232 g/mol. The number of benzene rings is 1. The lowest BCUT2D eigenvalue weighted by Gasteiger charge is -2.15. The Labute approximate surface area is 105 Å². The number of hydrogen-bond acceptors (Lipinski definition) is 3. The second-order valence-corrected chi connectivity index (χ2v) is 4.00. The first-order valence-corrected chi connectivity index (χ1v) is 5.53. The molecule has 0 saturated heterocycles. The molecule has 0 aliphatic rings. The zero-order valence-electron chi connectivity index (χ0n) is 9.96. The molecule has 0 aromatic heterocycles. The van der Waals surface area contributed by atoms with E-state index in [1.54, 1.807) is 37.3 Å². The molecule has 18 heavy (non-hydrogen) atoms. The highest BCUT2D eigenvalue weighted by Crippen LogP contribution is 2.07. The molecule has 1 aromatic carbocycles. The number of carbonyl (C=O) groups excluding carboxylic acids is 1. The Morgan fingerprint density at radius 3 is 2.50 bits per heavy atom. The maximum absolute atomic E-state index is 11.8. The van der Waals surface area contributed by atoms with Gasteiger partial charge in [0.15, 0.2) is 0 Å². The van der Waals surface area contributed by atoms with Gasteiger partial charge in [-0.25, -0.2) is 4.79 Å². The lowest BCUT2D eigenvalue weighted by atomic mass is 10.0. The van der Waals surface area contributed by atoms with Crippen LogP contribution in [0.25, 0.3) is 0 Å². The molecule has 0 aliphatic carbocycles. The predicted octanol–water partition coefficient (Wildman–Crippen LogP) is 1.42. The number of aliphatic carboxylic acids is 1. The van der Waals surface area contributed by atoms with Gasteiger partial charge in [-0.3, -0.25) is 4.79 Å². The van der Waals surface area contributed by atoms with Gasteiger partial charge in [-0.05, 0) is 25.5 Å². The Morgan fingerprint density at radius 2 is 2.00 bits per heavy atom. The summed E-state index contributed by atoms with van der Waals surface area (Å²) in [4.78, 5) is 22.8. The van der Waals surface area contributed by atoms with Crippen LogP contribution in [0.5, 0.6) is 0 Å². The smallest absolute Gasteiger partial charge is 0.326 e. The lowest BCUT2D eigenvalue weighted by Crippen LogP contribution is -2.41. The highest BCUT2D eigenvalue weighted by molar-refractivity contribution is 5.96. The first-order valence-electron chi connectivity index (χ1n) is 5.53. The van der Waals surface area contributed by atoms with Crippen molar-refractivity contribution >= 4 is 11.9 Å². The third kappa shape index (κ3) is 3.91. The summed E-state index contributed by atoms with van der Waals surface area (Å²) in [5.74, 6) is -2.02. The minimum atomic E-state index is -1.14. The molecule has 1 amide bonds. The number of carboxylic acids is 1. The summed E-state index contributed by atoms with van der Waals surface area (Å²) < 4.78 is 0. The molecule has 0 aliphatic heterocycles. The van der Waals surface area contributed by atoms with E-state index in [1.807, 2.05) is 6.07 Å². The van der Waals surface area contributed by atoms with Crippen LogP contribution < -0.4 is 5.32 Å². The van der Waals surface area contributed by atoms with Crippen molar-refractivity contribution in [2.45, 2.75) is 19.4 Å². The Bertz CT molecular complexity index is 465. The maximum Gasteiger partial charge on any atom is 0.326 e. The number of nitriles is 1. The summed E-state index contributed by atoms with van der Waals surface area (Å²) in [7, 11) is 0. The van der Waals surface area contributed by atoms with Crippen molar-refractivity contribution in [3.8, 4) is 6.07 Å². The Hall–Kier alpha value is -2.35. The van der Waals surface area contributed by atoms with Gasteiger partial charge >= 0.3 is 5.97 Å². The van der Waals surface area contributed by atoms with Gasteiger partial charge in [0.25, 0.3) is 5.91 Å². The second kappa shape index (κ2) is 6.40. The molecule has 2 atom stereocenters. The number of rotatable bonds is 5. The Morgan fingerprint density at radius 1 is 1.39 bits per heavy atom. The van der Waals surface area contributed by atoms with Crippen LogP contribution in [-0.2, 0) is 4.79 Å². The van der Waals surface area contributed by atoms with Gasteiger partial charge in [-0.15, -0.1) is 0 Å². The van der Waals surface area contributed by atoms with Crippen molar-refractivity contribution in [2.75, 3.05) is 0 Å². The molecule has 2 N–H and O–H groups in total. The average Bonchev–Trinajstić information content (AvgIpc) is 2.38. The molecule has 94 valence electrons. The maximum atomic E-state index is 11.8. The van der Waals surface area contributed by atoms with Crippen LogP contribution in [-0.4, -0.2) is 23.0 Å². The van der Waals surface area contributed by atoms with Crippen LogP contribution in [0.3, 0.4) is 0 Å². The van der Waals surface area contributed by atoms with E-state index < -0.39 is 23.8 Å². The molecule has 1 rings (SSSR count). The van der Waals surface area contributed by atoms with E-state index in [1.165, 1.54) is 0 Å². The summed E-state index contributed by atoms with van der Waals surface area (Å²) in [5, 5.41) is 20.1. The number of carboxylic acid groups (broad SMARTS) is 1. The van der Waals surface area contributed by atoms with E-state index in [2.05, 4.69) is 5.32 Å². The molecule has 0 radical (unpaired) electrons. The van der Waals surface area contributed by atoms with Gasteiger partial charge < -0.3 is 10.4 Å². The first kappa shape index (κ1) is 13.7. The Kier molecular flexibility index (Phi) is 4.88. The standard InChI is InChI=1S/C13H14N2O3/c1-9(8-14)7-11(13(17)18)15-12(16)10-5-3-2-4-6-10/h2-6,9,11H,7H2,1H3,(H,15,16)(H,17,18)/t9-,11-/m0/s1. The number of carbonyl (C=O) groups is 2. The number of amides is 1. The quantitative estimate of drug-likeness (QED) is 0.822. The summed E-state index contributed by atoms with van der Waals surface area (Å²) in [6, 6.07) is 9.26. The van der Waals surface area contributed by atoms with Crippen LogP contribution in [0.4, 0.5) is 0 Å². The molecule has 0 saturated carbocycles. The van der Waals surface area contributed by atoms with E-state index in [-0.39, 0.29) is 6.42 Å². The number of nitrogens with one attached hydrogen (secondary N) is 1. The van der Waals surface area contributed by atoms with Crippen LogP contribution >= 0.6 is 0 Å². The third-order valence-electron chi connectivity index (χ3n) is 2.45. The highest BCUT2D eigenvalue weighted by Gasteiger charge is 2.22. The highest BCUT2D eigenvalue weighted by atomic mass is 16.4. The number of nitrogens with zero attached hydrogens (tertiary/aromatic N) is 1. The lowest BCUT2D eigenvalue weighted by molar-refractivity contribution is -0.139. The molecule has 0 heterocycles. The van der Waals surface area contributed by atoms with Gasteiger partial charge in [-0.1, -0.05) is 18.2 Å². The summed E-state index contributed by atoms with van der Waals surface area (Å²) in [6.45, 7) is 1.62. The van der Waals surface area contributed by atoms with Crippen LogP contribution in [0, 0.1) is 17.2 Å². The van der Waals surface area contributed by atoms with Crippen molar-refractivity contribution in [3.63, 3.8) is 0 Å². The van der Waals surface area contributed by atoms with E-state index in [4.69, 9.17) is 10.4 Å². The van der Waals surface area contributed by atoms with Crippen molar-refractivity contribution in [1.29, 1.82) is 5.26 Å². The summed E-state index contributed by atoms with van der Waals surface area (Å²) in [5.41, 5.74) is 0.397. The minimum Gasteiger partial charge on any atom is -0.480 e. The summed E-state index contributed by atoms with van der Waals surface area (Å²) in [6.07, 6.45) is 0.0877. The molecule has 1 aromatic rings. The molecule has 5 heteroatoms. The van der Waals surface area contributed by atoms with Crippen LogP contribution in [0.15, 0.2) is 30.3 Å². The topological polar surface area (TPSA) is 90.2 Å². The largest absolute Gasteiger partial charge is 0.480 e.